The Kier molecular flexibility index (Phi) is 4.35. The van der Waals surface area contributed by atoms with Crippen LogP contribution >= 0.6 is 0 Å². The number of rotatable bonds is 5. The van der Waals surface area contributed by atoms with E-state index in [9.17, 15) is 0 Å². The molecule has 1 fully saturated rings. The SMILES string of the molecule is CCC(C)CC(NN)C1(C)CCCO1. The molecule has 3 atom stereocenters. The number of hydrogen-bond donors (Lipinski definition) is 2. The standard InChI is InChI=1S/C11H24N2O/c1-4-9(2)8-10(13-12)11(3)6-5-7-14-11/h9-10,13H,4-8,12H2,1-3H3. The summed E-state index contributed by atoms with van der Waals surface area (Å²) in [5, 5.41) is 0. The first-order valence-electron chi connectivity index (χ1n) is 5.72. The fourth-order valence-electron chi connectivity index (χ4n) is 2.14. The normalized spacial score (nSPS) is 31.7. The summed E-state index contributed by atoms with van der Waals surface area (Å²) >= 11 is 0. The molecule has 0 spiro atoms. The third kappa shape index (κ3) is 2.69. The van der Waals surface area contributed by atoms with Gasteiger partial charge in [0.1, 0.15) is 0 Å². The van der Waals surface area contributed by atoms with E-state index >= 15 is 0 Å². The third-order valence-electron chi connectivity index (χ3n) is 3.52. The van der Waals surface area contributed by atoms with Crippen LogP contribution < -0.4 is 11.3 Å². The molecule has 0 aromatic heterocycles. The van der Waals surface area contributed by atoms with Gasteiger partial charge in [0, 0.05) is 6.61 Å². The molecule has 0 aromatic rings. The average molecular weight is 200 g/mol. The first kappa shape index (κ1) is 12.0. The van der Waals surface area contributed by atoms with Gasteiger partial charge in [0.2, 0.25) is 0 Å². The molecule has 1 aliphatic heterocycles. The second kappa shape index (κ2) is 5.10. The van der Waals surface area contributed by atoms with Crippen LogP contribution in [0.5, 0.6) is 0 Å². The summed E-state index contributed by atoms with van der Waals surface area (Å²) in [5.41, 5.74) is 2.88. The van der Waals surface area contributed by atoms with E-state index in [1.165, 1.54) is 6.42 Å². The molecule has 3 unspecified atom stereocenters. The van der Waals surface area contributed by atoms with Crippen molar-refractivity contribution in [3.05, 3.63) is 0 Å². The zero-order valence-corrected chi connectivity index (χ0v) is 9.68. The van der Waals surface area contributed by atoms with Crippen LogP contribution in [0.2, 0.25) is 0 Å². The fraction of sp³-hybridized carbons (Fsp3) is 1.00. The molecule has 0 amide bonds. The lowest BCUT2D eigenvalue weighted by Gasteiger charge is -2.34. The second-order valence-corrected chi connectivity index (χ2v) is 4.73. The topological polar surface area (TPSA) is 47.3 Å². The second-order valence-electron chi connectivity index (χ2n) is 4.73. The van der Waals surface area contributed by atoms with Crippen molar-refractivity contribution in [2.75, 3.05) is 6.61 Å². The van der Waals surface area contributed by atoms with Crippen molar-refractivity contribution in [3.63, 3.8) is 0 Å². The highest BCUT2D eigenvalue weighted by molar-refractivity contribution is 4.92. The highest BCUT2D eigenvalue weighted by atomic mass is 16.5. The molecule has 0 aromatic carbocycles. The van der Waals surface area contributed by atoms with E-state index in [0.717, 1.165) is 25.9 Å². The van der Waals surface area contributed by atoms with E-state index in [0.29, 0.717) is 12.0 Å². The van der Waals surface area contributed by atoms with Gasteiger partial charge in [-0.1, -0.05) is 20.3 Å². The van der Waals surface area contributed by atoms with Gasteiger partial charge in [0.25, 0.3) is 0 Å². The van der Waals surface area contributed by atoms with Crippen molar-refractivity contribution in [1.29, 1.82) is 0 Å². The minimum Gasteiger partial charge on any atom is -0.374 e. The minimum absolute atomic E-state index is 0.0435. The summed E-state index contributed by atoms with van der Waals surface area (Å²) < 4.78 is 5.80. The zero-order valence-electron chi connectivity index (χ0n) is 9.68. The van der Waals surface area contributed by atoms with E-state index in [-0.39, 0.29) is 5.60 Å². The molecule has 1 heterocycles. The van der Waals surface area contributed by atoms with Crippen LogP contribution in [0.1, 0.15) is 46.5 Å². The molecule has 3 heteroatoms. The molecule has 0 saturated carbocycles. The summed E-state index contributed by atoms with van der Waals surface area (Å²) in [5.74, 6) is 6.32. The van der Waals surface area contributed by atoms with Crippen molar-refractivity contribution < 1.29 is 4.74 Å². The van der Waals surface area contributed by atoms with E-state index in [1.54, 1.807) is 0 Å². The molecule has 1 rings (SSSR count). The number of hydrazine groups is 1. The first-order valence-corrected chi connectivity index (χ1v) is 5.72. The molecule has 0 radical (unpaired) electrons. The predicted octanol–water partition coefficient (Wildman–Crippen LogP) is 1.82. The Morgan fingerprint density at radius 2 is 2.29 bits per heavy atom. The Morgan fingerprint density at radius 3 is 2.71 bits per heavy atom. The summed E-state index contributed by atoms with van der Waals surface area (Å²) in [4.78, 5) is 0. The lowest BCUT2D eigenvalue weighted by Crippen LogP contribution is -2.52. The van der Waals surface area contributed by atoms with E-state index in [1.807, 2.05) is 0 Å². The van der Waals surface area contributed by atoms with E-state index in [4.69, 9.17) is 10.6 Å². The Morgan fingerprint density at radius 1 is 1.57 bits per heavy atom. The molecule has 84 valence electrons. The monoisotopic (exact) mass is 200 g/mol. The number of ether oxygens (including phenoxy) is 1. The Hall–Kier alpha value is -0.120. The van der Waals surface area contributed by atoms with Crippen LogP contribution in [-0.4, -0.2) is 18.2 Å². The van der Waals surface area contributed by atoms with Gasteiger partial charge in [-0.15, -0.1) is 0 Å². The number of hydrogen-bond acceptors (Lipinski definition) is 3. The Labute approximate surface area is 87.4 Å². The molecular formula is C11H24N2O. The van der Waals surface area contributed by atoms with Gasteiger partial charge in [0.05, 0.1) is 11.6 Å². The minimum atomic E-state index is -0.0435. The Bertz CT molecular complexity index is 167. The molecule has 3 nitrogen and oxygen atoms in total. The Balaban J connectivity index is 2.51. The maximum absolute atomic E-state index is 5.80. The van der Waals surface area contributed by atoms with Crippen LogP contribution in [0.25, 0.3) is 0 Å². The van der Waals surface area contributed by atoms with Gasteiger partial charge >= 0.3 is 0 Å². The predicted molar refractivity (Wildman–Crippen MR) is 58.8 cm³/mol. The lowest BCUT2D eigenvalue weighted by molar-refractivity contribution is -0.0177. The zero-order chi connectivity index (χ0) is 10.6. The largest absolute Gasteiger partial charge is 0.374 e. The molecule has 1 aliphatic rings. The van der Waals surface area contributed by atoms with Crippen LogP contribution in [-0.2, 0) is 4.74 Å². The van der Waals surface area contributed by atoms with Gasteiger partial charge in [-0.3, -0.25) is 11.3 Å². The van der Waals surface area contributed by atoms with Crippen LogP contribution in [0.15, 0.2) is 0 Å². The molecule has 1 saturated heterocycles. The summed E-state index contributed by atoms with van der Waals surface area (Å²) in [6, 6.07) is 0.292. The van der Waals surface area contributed by atoms with Gasteiger partial charge in [-0.2, -0.15) is 0 Å². The van der Waals surface area contributed by atoms with Crippen molar-refractivity contribution >= 4 is 0 Å². The van der Waals surface area contributed by atoms with Crippen molar-refractivity contribution in [2.24, 2.45) is 11.8 Å². The van der Waals surface area contributed by atoms with Crippen molar-refractivity contribution in [1.82, 2.24) is 5.43 Å². The molecule has 14 heavy (non-hydrogen) atoms. The summed E-state index contributed by atoms with van der Waals surface area (Å²) in [7, 11) is 0. The van der Waals surface area contributed by atoms with Crippen LogP contribution in [0.3, 0.4) is 0 Å². The number of nitrogens with one attached hydrogen (secondary N) is 1. The van der Waals surface area contributed by atoms with Gasteiger partial charge in [-0.05, 0) is 32.1 Å². The fourth-order valence-corrected chi connectivity index (χ4v) is 2.14. The third-order valence-corrected chi connectivity index (χ3v) is 3.52. The highest BCUT2D eigenvalue weighted by Gasteiger charge is 2.38. The number of nitrogens with two attached hydrogens (primary N) is 1. The molecule has 3 N–H and O–H groups in total. The summed E-state index contributed by atoms with van der Waals surface area (Å²) in [6.07, 6.45) is 4.59. The van der Waals surface area contributed by atoms with Gasteiger partial charge < -0.3 is 4.74 Å². The van der Waals surface area contributed by atoms with Crippen molar-refractivity contribution in [2.45, 2.75) is 58.1 Å². The summed E-state index contributed by atoms with van der Waals surface area (Å²) in [6.45, 7) is 7.54. The molecular weight excluding hydrogens is 176 g/mol. The smallest absolute Gasteiger partial charge is 0.0821 e. The maximum Gasteiger partial charge on any atom is 0.0821 e. The molecule has 0 aliphatic carbocycles. The van der Waals surface area contributed by atoms with Gasteiger partial charge in [-0.25, -0.2) is 0 Å². The van der Waals surface area contributed by atoms with Crippen LogP contribution in [0, 0.1) is 5.92 Å². The van der Waals surface area contributed by atoms with E-state index < -0.39 is 0 Å². The maximum atomic E-state index is 5.80. The van der Waals surface area contributed by atoms with E-state index in [2.05, 4.69) is 26.2 Å². The first-order chi connectivity index (χ1) is 6.62. The quantitative estimate of drug-likeness (QED) is 0.526. The van der Waals surface area contributed by atoms with Crippen LogP contribution in [0.4, 0.5) is 0 Å². The molecule has 0 bridgehead atoms. The van der Waals surface area contributed by atoms with Crippen molar-refractivity contribution in [3.8, 4) is 0 Å². The van der Waals surface area contributed by atoms with Gasteiger partial charge in [0.15, 0.2) is 0 Å². The lowest BCUT2D eigenvalue weighted by atomic mass is 9.86. The highest BCUT2D eigenvalue weighted by Crippen LogP contribution is 2.31. The average Bonchev–Trinajstić information content (AvgIpc) is 2.62.